The van der Waals surface area contributed by atoms with Gasteiger partial charge in [0.25, 0.3) is 11.5 Å². The van der Waals surface area contributed by atoms with Crippen LogP contribution >= 0.6 is 0 Å². The van der Waals surface area contributed by atoms with Crippen molar-refractivity contribution in [2.24, 2.45) is 0 Å². The van der Waals surface area contributed by atoms with E-state index in [0.717, 1.165) is 28.9 Å². The molecule has 0 aliphatic carbocycles. The summed E-state index contributed by atoms with van der Waals surface area (Å²) in [6.07, 6.45) is 1.43. The molecule has 9 nitrogen and oxygen atoms in total. The first-order valence-corrected chi connectivity index (χ1v) is 10.6. The van der Waals surface area contributed by atoms with Gasteiger partial charge in [0.2, 0.25) is 5.95 Å². The molecule has 35 heavy (non-hydrogen) atoms. The van der Waals surface area contributed by atoms with Gasteiger partial charge in [-0.2, -0.15) is 19.9 Å². The second kappa shape index (κ2) is 8.28. The summed E-state index contributed by atoms with van der Waals surface area (Å²) in [7, 11) is 0. The molecule has 0 atom stereocenters. The fourth-order valence-electron chi connectivity index (χ4n) is 3.66. The molecule has 0 spiro atoms. The van der Waals surface area contributed by atoms with Gasteiger partial charge in [0.05, 0.1) is 23.1 Å². The topological polar surface area (TPSA) is 110 Å². The van der Waals surface area contributed by atoms with Crippen molar-refractivity contribution >= 4 is 22.8 Å². The largest absolute Gasteiger partial charge is 0.306 e. The van der Waals surface area contributed by atoms with E-state index in [1.165, 1.54) is 16.9 Å². The highest BCUT2D eigenvalue weighted by Crippen LogP contribution is 2.20. The molecule has 5 rings (SSSR count). The number of rotatable bonds is 4. The Morgan fingerprint density at radius 1 is 1.00 bits per heavy atom. The molecular weight excluding hydrogens is 456 g/mol. The van der Waals surface area contributed by atoms with E-state index in [1.807, 2.05) is 32.0 Å². The van der Waals surface area contributed by atoms with Crippen molar-refractivity contribution in [3.63, 3.8) is 0 Å². The Hall–Kier alpha value is -4.67. The first-order valence-electron chi connectivity index (χ1n) is 10.6. The number of amides is 1. The number of carbonyl (C=O) groups is 1. The number of anilines is 1. The van der Waals surface area contributed by atoms with Gasteiger partial charge in [-0.05, 0) is 56.2 Å². The van der Waals surface area contributed by atoms with E-state index in [9.17, 15) is 18.4 Å². The lowest BCUT2D eigenvalue weighted by molar-refractivity contribution is 0.102. The number of aromatic nitrogens is 6. The average molecular weight is 475 g/mol. The number of hydrogen-bond donors (Lipinski definition) is 2. The SMILES string of the molecule is Cc1cc(NC(=O)c2ccc(F)cc2F)n(-c2nc3c(cnn3-c3ccc(C)c(C)c3)c(=O)[nH]2)n1. The first kappa shape index (κ1) is 22.1. The van der Waals surface area contributed by atoms with Gasteiger partial charge >= 0.3 is 0 Å². The van der Waals surface area contributed by atoms with Crippen molar-refractivity contribution in [2.75, 3.05) is 5.32 Å². The number of halogens is 2. The minimum absolute atomic E-state index is 0.0241. The molecule has 3 heterocycles. The van der Waals surface area contributed by atoms with E-state index < -0.39 is 23.1 Å². The maximum absolute atomic E-state index is 14.1. The zero-order valence-electron chi connectivity index (χ0n) is 18.9. The average Bonchev–Trinajstić information content (AvgIpc) is 3.39. The number of nitrogens with one attached hydrogen (secondary N) is 2. The molecule has 0 fully saturated rings. The standard InChI is InChI=1S/C24H19F2N7O2/c1-12-4-6-16(8-13(12)2)32-21-18(11-27-32)23(35)30-24(29-21)33-20(9-14(3)31-33)28-22(34)17-7-5-15(25)10-19(17)26/h4-11H,1-3H3,(H,28,34)(H,29,30,35). The number of benzene rings is 2. The van der Waals surface area contributed by atoms with E-state index in [0.29, 0.717) is 17.4 Å². The third-order valence-electron chi connectivity index (χ3n) is 5.61. The number of hydrogen-bond acceptors (Lipinski definition) is 5. The summed E-state index contributed by atoms with van der Waals surface area (Å²) >= 11 is 0. The smallest absolute Gasteiger partial charge is 0.263 e. The molecule has 3 aromatic heterocycles. The van der Waals surface area contributed by atoms with Crippen molar-refractivity contribution in [2.45, 2.75) is 20.8 Å². The van der Waals surface area contributed by atoms with Crippen LogP contribution < -0.4 is 10.9 Å². The van der Waals surface area contributed by atoms with E-state index in [2.05, 4.69) is 25.5 Å². The molecule has 0 aliphatic heterocycles. The van der Waals surface area contributed by atoms with Crippen LogP contribution in [0.4, 0.5) is 14.6 Å². The minimum atomic E-state index is -1.00. The Balaban J connectivity index is 1.59. The summed E-state index contributed by atoms with van der Waals surface area (Å²) in [5.41, 5.74) is 2.90. The summed E-state index contributed by atoms with van der Waals surface area (Å²) in [6, 6.07) is 9.95. The van der Waals surface area contributed by atoms with Crippen molar-refractivity contribution in [1.29, 1.82) is 0 Å². The molecule has 2 N–H and O–H groups in total. The van der Waals surface area contributed by atoms with Crippen molar-refractivity contribution < 1.29 is 13.6 Å². The number of H-pyrrole nitrogens is 1. The normalized spacial score (nSPS) is 11.2. The Morgan fingerprint density at radius 3 is 2.54 bits per heavy atom. The van der Waals surface area contributed by atoms with Crippen molar-refractivity contribution in [3.8, 4) is 11.6 Å². The minimum Gasteiger partial charge on any atom is -0.306 e. The van der Waals surface area contributed by atoms with Crippen LogP contribution in [-0.4, -0.2) is 35.4 Å². The number of nitrogens with zero attached hydrogens (tertiary/aromatic N) is 5. The molecule has 0 bridgehead atoms. The highest BCUT2D eigenvalue weighted by Gasteiger charge is 2.19. The molecule has 0 unspecified atom stereocenters. The molecule has 176 valence electrons. The van der Waals surface area contributed by atoms with Crippen LogP contribution in [-0.2, 0) is 0 Å². The molecular formula is C24H19F2N7O2. The van der Waals surface area contributed by atoms with Crippen LogP contribution in [0.2, 0.25) is 0 Å². The van der Waals surface area contributed by atoms with Crippen LogP contribution in [0.25, 0.3) is 22.7 Å². The zero-order valence-corrected chi connectivity index (χ0v) is 18.9. The van der Waals surface area contributed by atoms with E-state index in [1.54, 1.807) is 11.6 Å². The number of aryl methyl sites for hydroxylation is 3. The lowest BCUT2D eigenvalue weighted by Gasteiger charge is -2.10. The van der Waals surface area contributed by atoms with Gasteiger partial charge in [-0.25, -0.2) is 13.5 Å². The second-order valence-electron chi connectivity index (χ2n) is 8.11. The van der Waals surface area contributed by atoms with E-state index in [4.69, 9.17) is 0 Å². The Morgan fingerprint density at radius 2 is 1.80 bits per heavy atom. The van der Waals surface area contributed by atoms with Gasteiger partial charge in [0.1, 0.15) is 22.8 Å². The van der Waals surface area contributed by atoms with Crippen LogP contribution in [0.5, 0.6) is 0 Å². The van der Waals surface area contributed by atoms with E-state index >= 15 is 0 Å². The van der Waals surface area contributed by atoms with Gasteiger partial charge in [0, 0.05) is 12.1 Å². The van der Waals surface area contributed by atoms with Crippen LogP contribution in [0.15, 0.2) is 53.5 Å². The molecule has 11 heteroatoms. The molecule has 0 radical (unpaired) electrons. The van der Waals surface area contributed by atoms with Gasteiger partial charge in [-0.15, -0.1) is 0 Å². The number of carbonyl (C=O) groups excluding carboxylic acids is 1. The van der Waals surface area contributed by atoms with Gasteiger partial charge in [0.15, 0.2) is 5.65 Å². The lowest BCUT2D eigenvalue weighted by Crippen LogP contribution is -2.19. The summed E-state index contributed by atoms with van der Waals surface area (Å²) < 4.78 is 30.1. The lowest BCUT2D eigenvalue weighted by atomic mass is 10.1. The Labute approximate surface area is 197 Å². The zero-order chi connectivity index (χ0) is 24.9. The third kappa shape index (κ3) is 3.97. The predicted octanol–water partition coefficient (Wildman–Crippen LogP) is 3.75. The van der Waals surface area contributed by atoms with Crippen LogP contribution in [0.1, 0.15) is 27.2 Å². The van der Waals surface area contributed by atoms with Gasteiger partial charge in [-0.3, -0.25) is 14.6 Å². The number of aromatic amines is 1. The van der Waals surface area contributed by atoms with Crippen LogP contribution in [0.3, 0.4) is 0 Å². The van der Waals surface area contributed by atoms with Gasteiger partial charge in [-0.1, -0.05) is 6.07 Å². The Bertz CT molecular complexity index is 1680. The fourth-order valence-corrected chi connectivity index (χ4v) is 3.66. The fraction of sp³-hybridized carbons (Fsp3) is 0.125. The van der Waals surface area contributed by atoms with Gasteiger partial charge < -0.3 is 5.32 Å². The van der Waals surface area contributed by atoms with Crippen molar-refractivity contribution in [1.82, 2.24) is 29.5 Å². The predicted molar refractivity (Wildman–Crippen MR) is 125 cm³/mol. The monoisotopic (exact) mass is 475 g/mol. The summed E-state index contributed by atoms with van der Waals surface area (Å²) in [4.78, 5) is 32.7. The highest BCUT2D eigenvalue weighted by atomic mass is 19.1. The second-order valence-corrected chi connectivity index (χ2v) is 8.11. The Kier molecular flexibility index (Phi) is 5.24. The maximum atomic E-state index is 14.1. The van der Waals surface area contributed by atoms with Crippen LogP contribution in [0, 0.1) is 32.4 Å². The maximum Gasteiger partial charge on any atom is 0.263 e. The first-order chi connectivity index (χ1) is 16.7. The summed E-state index contributed by atoms with van der Waals surface area (Å²) in [5.74, 6) is -2.45. The molecule has 0 saturated heterocycles. The molecule has 5 aromatic rings. The van der Waals surface area contributed by atoms with E-state index in [-0.39, 0.29) is 22.7 Å². The van der Waals surface area contributed by atoms with Crippen molar-refractivity contribution in [3.05, 3.63) is 93.0 Å². The summed E-state index contributed by atoms with van der Waals surface area (Å²) in [5, 5.41) is 11.5. The highest BCUT2D eigenvalue weighted by molar-refractivity contribution is 6.04. The molecule has 0 saturated carbocycles. The third-order valence-corrected chi connectivity index (χ3v) is 5.61. The summed E-state index contributed by atoms with van der Waals surface area (Å²) in [6.45, 7) is 5.65. The molecule has 2 aromatic carbocycles. The molecule has 0 aliphatic rings. The number of fused-ring (bicyclic) bond motifs is 1. The quantitative estimate of drug-likeness (QED) is 0.411. The molecule has 1 amide bonds.